The molecular formula is C11H10N2OS2. The summed E-state index contributed by atoms with van der Waals surface area (Å²) in [7, 11) is 0. The number of hydrogen-bond acceptors (Lipinski definition) is 4. The average Bonchev–Trinajstić information content (AvgIpc) is 2.63. The molecule has 0 radical (unpaired) electrons. The predicted molar refractivity (Wildman–Crippen MR) is 71.6 cm³/mol. The third-order valence-electron chi connectivity index (χ3n) is 2.21. The highest BCUT2D eigenvalue weighted by Gasteiger charge is 2.19. The molecule has 0 atom stereocenters. The van der Waals surface area contributed by atoms with Crippen molar-refractivity contribution in [2.45, 2.75) is 6.42 Å². The summed E-state index contributed by atoms with van der Waals surface area (Å²) in [6.07, 6.45) is 10.2. The second kappa shape index (κ2) is 4.76. The minimum atomic E-state index is -0.234. The third-order valence-corrected chi connectivity index (χ3v) is 3.19. The quantitative estimate of drug-likeness (QED) is 0.571. The van der Waals surface area contributed by atoms with Crippen molar-refractivity contribution >= 4 is 39.9 Å². The Kier molecular flexibility index (Phi) is 3.36. The van der Waals surface area contributed by atoms with E-state index in [2.05, 4.69) is 10.3 Å². The highest BCUT2D eigenvalue weighted by molar-refractivity contribution is 8.13. The maximum absolute atomic E-state index is 11.5. The molecule has 1 aliphatic heterocycles. The van der Waals surface area contributed by atoms with Gasteiger partial charge in [-0.1, -0.05) is 42.2 Å². The summed E-state index contributed by atoms with van der Waals surface area (Å²) < 4.78 is 0. The van der Waals surface area contributed by atoms with Gasteiger partial charge in [-0.15, -0.1) is 0 Å². The first-order chi connectivity index (χ1) is 7.70. The third kappa shape index (κ3) is 2.31. The first kappa shape index (κ1) is 11.3. The van der Waals surface area contributed by atoms with E-state index < -0.39 is 0 Å². The van der Waals surface area contributed by atoms with Crippen molar-refractivity contribution in [3.63, 3.8) is 0 Å². The van der Waals surface area contributed by atoms with Crippen molar-refractivity contribution in [3.8, 4) is 0 Å². The number of thioether (sulfide) groups is 1. The number of allylic oxidation sites excluding steroid dienone is 5. The molecule has 5 heteroatoms. The summed E-state index contributed by atoms with van der Waals surface area (Å²) in [6, 6.07) is 0. The van der Waals surface area contributed by atoms with Crippen LogP contribution in [0.5, 0.6) is 0 Å². The summed E-state index contributed by atoms with van der Waals surface area (Å²) in [5.74, 6) is -0.234. The molecule has 82 valence electrons. The summed E-state index contributed by atoms with van der Waals surface area (Å²) in [6.45, 7) is 0. The molecule has 0 fully saturated rings. The van der Waals surface area contributed by atoms with Crippen molar-refractivity contribution in [2.24, 2.45) is 4.99 Å². The number of nitrogens with zero attached hydrogens (tertiary/aromatic N) is 1. The van der Waals surface area contributed by atoms with Gasteiger partial charge in [0.25, 0.3) is 5.91 Å². The van der Waals surface area contributed by atoms with E-state index in [0.717, 1.165) is 16.9 Å². The monoisotopic (exact) mass is 250 g/mol. The van der Waals surface area contributed by atoms with Gasteiger partial charge in [-0.05, 0) is 17.9 Å². The normalized spacial score (nSPS) is 22.2. The lowest BCUT2D eigenvalue weighted by Gasteiger charge is -2.06. The number of rotatable bonds is 1. The molecule has 0 aromatic carbocycles. The SMILES string of the molecule is CSC1=NC(=O)C(=CC2=CC=CCC2=S)N1. The Morgan fingerprint density at radius 1 is 1.62 bits per heavy atom. The van der Waals surface area contributed by atoms with Crippen LogP contribution in [0, 0.1) is 0 Å². The molecule has 0 spiro atoms. The van der Waals surface area contributed by atoms with Gasteiger partial charge >= 0.3 is 0 Å². The topological polar surface area (TPSA) is 41.5 Å². The number of aliphatic imine (C=N–C) groups is 1. The lowest BCUT2D eigenvalue weighted by Crippen LogP contribution is -2.15. The largest absolute Gasteiger partial charge is 0.330 e. The lowest BCUT2D eigenvalue weighted by molar-refractivity contribution is -0.114. The van der Waals surface area contributed by atoms with Gasteiger partial charge in [0, 0.05) is 11.3 Å². The van der Waals surface area contributed by atoms with Crippen LogP contribution in [0.3, 0.4) is 0 Å². The van der Waals surface area contributed by atoms with E-state index in [1.807, 2.05) is 24.5 Å². The predicted octanol–water partition coefficient (Wildman–Crippen LogP) is 1.98. The Balaban J connectivity index is 2.21. The van der Waals surface area contributed by atoms with Gasteiger partial charge in [0.05, 0.1) is 0 Å². The zero-order valence-corrected chi connectivity index (χ0v) is 10.3. The van der Waals surface area contributed by atoms with Crippen LogP contribution < -0.4 is 5.32 Å². The van der Waals surface area contributed by atoms with Crippen LogP contribution in [-0.4, -0.2) is 22.2 Å². The van der Waals surface area contributed by atoms with Gasteiger partial charge in [-0.2, -0.15) is 4.99 Å². The van der Waals surface area contributed by atoms with Gasteiger partial charge in [-0.25, -0.2) is 0 Å². The highest BCUT2D eigenvalue weighted by Crippen LogP contribution is 2.16. The van der Waals surface area contributed by atoms with Crippen molar-refractivity contribution in [3.05, 3.63) is 35.6 Å². The Labute approximate surface area is 103 Å². The number of carbonyl (C=O) groups is 1. The van der Waals surface area contributed by atoms with E-state index in [1.165, 1.54) is 11.8 Å². The number of carbonyl (C=O) groups excluding carboxylic acids is 1. The minimum absolute atomic E-state index is 0.234. The van der Waals surface area contributed by atoms with E-state index in [-0.39, 0.29) is 5.91 Å². The lowest BCUT2D eigenvalue weighted by atomic mass is 10.0. The second-order valence-corrected chi connectivity index (χ2v) is 4.57. The highest BCUT2D eigenvalue weighted by atomic mass is 32.2. The van der Waals surface area contributed by atoms with Crippen LogP contribution in [0.4, 0.5) is 0 Å². The summed E-state index contributed by atoms with van der Waals surface area (Å²) >= 11 is 6.63. The minimum Gasteiger partial charge on any atom is -0.330 e. The van der Waals surface area contributed by atoms with Crippen molar-refractivity contribution in [1.82, 2.24) is 5.32 Å². The molecule has 2 aliphatic rings. The van der Waals surface area contributed by atoms with Gasteiger partial charge in [0.2, 0.25) is 0 Å². The maximum atomic E-state index is 11.5. The number of thiocarbonyl (C=S) groups is 1. The fraction of sp³-hybridized carbons (Fsp3) is 0.182. The Bertz CT molecular complexity index is 472. The van der Waals surface area contributed by atoms with Gasteiger partial charge in [0.15, 0.2) is 5.17 Å². The zero-order valence-electron chi connectivity index (χ0n) is 8.69. The maximum Gasteiger partial charge on any atom is 0.295 e. The summed E-state index contributed by atoms with van der Waals surface area (Å²) in [4.78, 5) is 16.2. The van der Waals surface area contributed by atoms with Crippen LogP contribution in [0.1, 0.15) is 6.42 Å². The van der Waals surface area contributed by atoms with E-state index in [4.69, 9.17) is 12.2 Å². The van der Waals surface area contributed by atoms with Gasteiger partial charge < -0.3 is 5.32 Å². The molecule has 0 aromatic heterocycles. The number of amides is 1. The summed E-state index contributed by atoms with van der Waals surface area (Å²) in [5.41, 5.74) is 1.40. The fourth-order valence-electron chi connectivity index (χ4n) is 1.39. The van der Waals surface area contributed by atoms with Crippen LogP contribution >= 0.6 is 24.0 Å². The molecule has 2 rings (SSSR count). The van der Waals surface area contributed by atoms with E-state index >= 15 is 0 Å². The van der Waals surface area contributed by atoms with Crippen LogP contribution in [-0.2, 0) is 4.79 Å². The van der Waals surface area contributed by atoms with E-state index in [9.17, 15) is 4.79 Å². The zero-order chi connectivity index (χ0) is 11.5. The number of hydrogen-bond donors (Lipinski definition) is 1. The molecule has 0 unspecified atom stereocenters. The number of nitrogens with one attached hydrogen (secondary N) is 1. The first-order valence-electron chi connectivity index (χ1n) is 4.76. The average molecular weight is 250 g/mol. The molecule has 16 heavy (non-hydrogen) atoms. The van der Waals surface area contributed by atoms with Gasteiger partial charge in [-0.3, -0.25) is 4.79 Å². The van der Waals surface area contributed by atoms with Crippen molar-refractivity contribution in [2.75, 3.05) is 6.26 Å². The Morgan fingerprint density at radius 3 is 3.06 bits per heavy atom. The molecule has 1 amide bonds. The molecule has 0 saturated carbocycles. The van der Waals surface area contributed by atoms with Crippen LogP contribution in [0.2, 0.25) is 0 Å². The second-order valence-electron chi connectivity index (χ2n) is 3.29. The van der Waals surface area contributed by atoms with Crippen LogP contribution in [0.25, 0.3) is 0 Å². The Morgan fingerprint density at radius 2 is 2.44 bits per heavy atom. The van der Waals surface area contributed by atoms with E-state index in [1.54, 1.807) is 6.08 Å². The first-order valence-corrected chi connectivity index (χ1v) is 6.40. The molecule has 1 N–H and O–H groups in total. The van der Waals surface area contributed by atoms with Crippen molar-refractivity contribution in [1.29, 1.82) is 0 Å². The smallest absolute Gasteiger partial charge is 0.295 e. The number of amidine groups is 1. The molecular weight excluding hydrogens is 240 g/mol. The molecule has 0 bridgehead atoms. The standard InChI is InChI=1S/C11H10N2OS2/c1-16-11-12-8(10(14)13-11)6-7-4-2-3-5-9(7)15/h2-4,6H,5H2,1H3,(H,12,13,14). The molecule has 1 heterocycles. The van der Waals surface area contributed by atoms with E-state index in [0.29, 0.717) is 10.9 Å². The molecule has 0 saturated heterocycles. The summed E-state index contributed by atoms with van der Waals surface area (Å²) in [5, 5.41) is 3.59. The molecule has 3 nitrogen and oxygen atoms in total. The molecule has 0 aromatic rings. The molecule has 1 aliphatic carbocycles. The van der Waals surface area contributed by atoms with Crippen molar-refractivity contribution < 1.29 is 4.79 Å². The van der Waals surface area contributed by atoms with Gasteiger partial charge in [0.1, 0.15) is 5.70 Å². The fourth-order valence-corrected chi connectivity index (χ4v) is 1.99. The van der Waals surface area contributed by atoms with Crippen LogP contribution in [0.15, 0.2) is 40.6 Å². The Hall–Kier alpha value is -1.20.